The summed E-state index contributed by atoms with van der Waals surface area (Å²) in [7, 11) is 0. The van der Waals surface area contributed by atoms with Gasteiger partial charge in [-0.3, -0.25) is 9.36 Å². The van der Waals surface area contributed by atoms with Crippen molar-refractivity contribution in [2.75, 3.05) is 0 Å². The lowest BCUT2D eigenvalue weighted by Gasteiger charge is -2.19. The van der Waals surface area contributed by atoms with Crippen molar-refractivity contribution in [1.29, 1.82) is 5.26 Å². The molecule has 3 heterocycles. The Morgan fingerprint density at radius 3 is 2.58 bits per heavy atom. The van der Waals surface area contributed by atoms with E-state index in [1.165, 1.54) is 4.57 Å². The number of nitrogens with zero attached hydrogens (tertiary/aromatic N) is 2. The molecule has 2 aliphatic heterocycles. The molecular weight excluding hydrogens is 423 g/mol. The molecule has 4 rings (SSSR count). The zero-order chi connectivity index (χ0) is 17.4. The first-order chi connectivity index (χ1) is 11.2. The van der Waals surface area contributed by atoms with E-state index in [-0.39, 0.29) is 24.0 Å². The summed E-state index contributed by atoms with van der Waals surface area (Å²) >= 11 is 2.03. The highest BCUT2D eigenvalue weighted by Crippen LogP contribution is 2.62. The molecule has 2 aromatic rings. The van der Waals surface area contributed by atoms with Gasteiger partial charge in [0, 0.05) is 9.99 Å². The van der Waals surface area contributed by atoms with E-state index < -0.39 is 11.2 Å². The zero-order valence-corrected chi connectivity index (χ0v) is 15.1. The molecule has 1 aromatic heterocycles. The third-order valence-corrected chi connectivity index (χ3v) is 5.81. The van der Waals surface area contributed by atoms with Crippen LogP contribution in [0, 0.1) is 14.9 Å². The Kier molecular flexibility index (Phi) is 2.91. The highest BCUT2D eigenvalue weighted by atomic mass is 127. The number of nitriles is 1. The maximum Gasteiger partial charge on any atom is 0.205 e. The van der Waals surface area contributed by atoms with E-state index in [0.717, 1.165) is 0 Å². The Morgan fingerprint density at radius 1 is 1.29 bits per heavy atom. The monoisotopic (exact) mass is 436 g/mol. The first-order valence-electron chi connectivity index (χ1n) is 7.34. The van der Waals surface area contributed by atoms with Gasteiger partial charge in [0.2, 0.25) is 11.8 Å². The SMILES string of the molecule is CC12CC(=O)C(C)(O1)c1c2c(O)n(-c2ccc(C#N)c(I)c2)c1O. The van der Waals surface area contributed by atoms with Crippen LogP contribution in [-0.4, -0.2) is 20.6 Å². The Labute approximate surface area is 151 Å². The second kappa shape index (κ2) is 4.52. The maximum atomic E-state index is 12.3. The van der Waals surface area contributed by atoms with Crippen molar-refractivity contribution in [2.24, 2.45) is 0 Å². The molecule has 0 saturated carbocycles. The summed E-state index contributed by atoms with van der Waals surface area (Å²) < 4.78 is 7.85. The molecular formula is C17H13IN2O4. The Hall–Kier alpha value is -2.05. The minimum atomic E-state index is -1.24. The van der Waals surface area contributed by atoms with Crippen molar-refractivity contribution in [3.05, 3.63) is 38.5 Å². The van der Waals surface area contributed by atoms with Crippen molar-refractivity contribution < 1.29 is 19.7 Å². The average Bonchev–Trinajstić information content (AvgIpc) is 3.01. The fourth-order valence-electron chi connectivity index (χ4n) is 3.83. The van der Waals surface area contributed by atoms with Gasteiger partial charge < -0.3 is 14.9 Å². The third kappa shape index (κ3) is 1.65. The number of carbonyl (C=O) groups excluding carboxylic acids is 1. The molecule has 6 nitrogen and oxygen atoms in total. The number of benzene rings is 1. The molecule has 122 valence electrons. The number of ether oxygens (including phenoxy) is 1. The first kappa shape index (κ1) is 15.5. The Morgan fingerprint density at radius 2 is 1.96 bits per heavy atom. The van der Waals surface area contributed by atoms with Crippen LogP contribution < -0.4 is 0 Å². The van der Waals surface area contributed by atoms with Gasteiger partial charge in [0.25, 0.3) is 0 Å². The highest BCUT2D eigenvalue weighted by molar-refractivity contribution is 14.1. The van der Waals surface area contributed by atoms with Gasteiger partial charge in [-0.15, -0.1) is 0 Å². The molecule has 0 amide bonds. The average molecular weight is 436 g/mol. The Balaban J connectivity index is 2.00. The molecule has 0 radical (unpaired) electrons. The predicted octanol–water partition coefficient (Wildman–Crippen LogP) is 2.80. The van der Waals surface area contributed by atoms with Crippen LogP contribution in [0.1, 0.15) is 37.0 Å². The van der Waals surface area contributed by atoms with Crippen LogP contribution in [0.5, 0.6) is 11.8 Å². The minimum Gasteiger partial charge on any atom is -0.494 e. The van der Waals surface area contributed by atoms with Gasteiger partial charge in [-0.1, -0.05) is 0 Å². The van der Waals surface area contributed by atoms with Crippen molar-refractivity contribution in [3.8, 4) is 23.5 Å². The van der Waals surface area contributed by atoms with Crippen LogP contribution in [0.25, 0.3) is 5.69 Å². The van der Waals surface area contributed by atoms with Crippen LogP contribution in [0.4, 0.5) is 0 Å². The summed E-state index contributed by atoms with van der Waals surface area (Å²) in [5.41, 5.74) is -0.360. The first-order valence-corrected chi connectivity index (χ1v) is 8.42. The number of rotatable bonds is 1. The molecule has 2 N–H and O–H groups in total. The maximum absolute atomic E-state index is 12.3. The fraction of sp³-hybridized carbons (Fsp3) is 0.294. The number of Topliss-reactive ketones (excluding diaryl/α,β-unsaturated/α-hetero) is 1. The predicted molar refractivity (Wildman–Crippen MR) is 91.9 cm³/mol. The van der Waals surface area contributed by atoms with Gasteiger partial charge in [0.1, 0.15) is 11.7 Å². The summed E-state index contributed by atoms with van der Waals surface area (Å²) in [6.07, 6.45) is 0.165. The third-order valence-electron chi connectivity index (χ3n) is 4.92. The molecule has 0 spiro atoms. The second-order valence-corrected chi connectivity index (χ2v) is 7.64. The van der Waals surface area contributed by atoms with Crippen molar-refractivity contribution in [3.63, 3.8) is 0 Å². The van der Waals surface area contributed by atoms with Gasteiger partial charge >= 0.3 is 0 Å². The topological polar surface area (TPSA) is 95.5 Å². The van der Waals surface area contributed by atoms with Crippen molar-refractivity contribution in [1.82, 2.24) is 4.57 Å². The quantitative estimate of drug-likeness (QED) is 0.671. The van der Waals surface area contributed by atoms with Crippen LogP contribution in [0.3, 0.4) is 0 Å². The number of aromatic nitrogens is 1. The van der Waals surface area contributed by atoms with Gasteiger partial charge in [0.15, 0.2) is 11.4 Å². The molecule has 1 fully saturated rings. The molecule has 1 aromatic carbocycles. The molecule has 1 saturated heterocycles. The lowest BCUT2D eigenvalue weighted by Crippen LogP contribution is -2.28. The zero-order valence-electron chi connectivity index (χ0n) is 12.9. The second-order valence-electron chi connectivity index (χ2n) is 6.47. The standard InChI is InChI=1S/C17H13IN2O4/c1-16-6-11(21)17(2,24-16)13-12(16)14(22)20(15(13)23)9-4-3-8(7-19)10(18)5-9/h3-5,22-23H,6H2,1-2H3. The van der Waals surface area contributed by atoms with Gasteiger partial charge in [-0.25, -0.2) is 0 Å². The van der Waals surface area contributed by atoms with E-state index in [0.29, 0.717) is 25.9 Å². The summed E-state index contributed by atoms with van der Waals surface area (Å²) in [4.78, 5) is 12.3. The smallest absolute Gasteiger partial charge is 0.205 e. The van der Waals surface area contributed by atoms with Gasteiger partial charge in [0.05, 0.1) is 22.4 Å². The van der Waals surface area contributed by atoms with Gasteiger partial charge in [-0.05, 0) is 54.6 Å². The van der Waals surface area contributed by atoms with E-state index in [9.17, 15) is 15.0 Å². The largest absolute Gasteiger partial charge is 0.494 e. The fourth-order valence-corrected chi connectivity index (χ4v) is 4.45. The lowest BCUT2D eigenvalue weighted by molar-refractivity contribution is -0.133. The summed E-state index contributed by atoms with van der Waals surface area (Å²) in [6, 6.07) is 7.04. The molecule has 24 heavy (non-hydrogen) atoms. The van der Waals surface area contributed by atoms with Crippen molar-refractivity contribution >= 4 is 28.4 Å². The lowest BCUT2D eigenvalue weighted by atomic mass is 9.79. The molecule has 2 unspecified atom stereocenters. The van der Waals surface area contributed by atoms with Crippen LogP contribution in [-0.2, 0) is 20.7 Å². The minimum absolute atomic E-state index is 0.112. The van der Waals surface area contributed by atoms with E-state index in [1.807, 2.05) is 22.6 Å². The van der Waals surface area contributed by atoms with Crippen LogP contribution in [0.15, 0.2) is 18.2 Å². The van der Waals surface area contributed by atoms with Gasteiger partial charge in [-0.2, -0.15) is 5.26 Å². The number of halogens is 1. The van der Waals surface area contributed by atoms with Crippen molar-refractivity contribution in [2.45, 2.75) is 31.5 Å². The van der Waals surface area contributed by atoms with E-state index in [1.54, 1.807) is 32.0 Å². The summed E-state index contributed by atoms with van der Waals surface area (Å²) in [6.45, 7) is 3.37. The number of aromatic hydroxyl groups is 2. The molecule has 2 bridgehead atoms. The van der Waals surface area contributed by atoms with Crippen LogP contribution >= 0.6 is 22.6 Å². The number of ketones is 1. The van der Waals surface area contributed by atoms with Crippen LogP contribution in [0.2, 0.25) is 0 Å². The number of hydrogen-bond donors (Lipinski definition) is 2. The molecule has 2 aliphatic rings. The molecule has 0 aliphatic carbocycles. The Bertz CT molecular complexity index is 974. The number of fused-ring (bicyclic) bond motifs is 5. The number of carbonyl (C=O) groups is 1. The normalized spacial score (nSPS) is 27.3. The van der Waals surface area contributed by atoms with E-state index in [2.05, 4.69) is 6.07 Å². The highest BCUT2D eigenvalue weighted by Gasteiger charge is 2.64. The number of hydrogen-bond acceptors (Lipinski definition) is 5. The molecule has 2 atom stereocenters. The summed E-state index contributed by atoms with van der Waals surface area (Å²) in [5, 5.41) is 30.5. The van der Waals surface area contributed by atoms with E-state index in [4.69, 9.17) is 10.00 Å². The van der Waals surface area contributed by atoms with E-state index >= 15 is 0 Å². The summed E-state index contributed by atoms with van der Waals surface area (Å²) in [5.74, 6) is -0.455. The molecule has 7 heteroatoms.